The molecule has 0 aliphatic carbocycles. The zero-order chi connectivity index (χ0) is 12.1. The van der Waals surface area contributed by atoms with E-state index in [1.807, 2.05) is 18.2 Å². The van der Waals surface area contributed by atoms with Gasteiger partial charge in [0, 0.05) is 20.0 Å². The Balaban J connectivity index is 2.15. The molecule has 1 aliphatic rings. The molecule has 1 fully saturated rings. The minimum absolute atomic E-state index is 0.0319. The molecule has 1 unspecified atom stereocenters. The summed E-state index contributed by atoms with van der Waals surface area (Å²) in [5, 5.41) is 3.05. The van der Waals surface area contributed by atoms with Crippen LogP contribution in [0, 0.1) is 0 Å². The highest BCUT2D eigenvalue weighted by Crippen LogP contribution is 2.22. The standard InChI is InChI=1S/C14H20N2O/c1-12(17)15-14(13-8-4-2-5-9-13)16-10-6-3-7-11-16/h2,4-5,8-9,14H,3,6-7,10-11H2,1H3,(H,15,17). The van der Waals surface area contributed by atoms with Crippen molar-refractivity contribution in [3.05, 3.63) is 35.9 Å². The van der Waals surface area contributed by atoms with Crippen LogP contribution in [0.15, 0.2) is 30.3 Å². The van der Waals surface area contributed by atoms with Crippen LogP contribution in [0.3, 0.4) is 0 Å². The lowest BCUT2D eigenvalue weighted by atomic mass is 10.1. The highest BCUT2D eigenvalue weighted by atomic mass is 16.1. The van der Waals surface area contributed by atoms with Gasteiger partial charge in [0.15, 0.2) is 0 Å². The predicted molar refractivity (Wildman–Crippen MR) is 68.4 cm³/mol. The monoisotopic (exact) mass is 232 g/mol. The first-order valence-electron chi connectivity index (χ1n) is 6.33. The lowest BCUT2D eigenvalue weighted by molar-refractivity contribution is -0.121. The van der Waals surface area contributed by atoms with E-state index in [1.165, 1.54) is 24.8 Å². The lowest BCUT2D eigenvalue weighted by Crippen LogP contribution is -2.43. The Kier molecular flexibility index (Phi) is 4.15. The first-order chi connectivity index (χ1) is 8.27. The minimum atomic E-state index is 0.0319. The highest BCUT2D eigenvalue weighted by Gasteiger charge is 2.22. The lowest BCUT2D eigenvalue weighted by Gasteiger charge is -2.35. The molecule has 1 heterocycles. The van der Waals surface area contributed by atoms with Gasteiger partial charge in [-0.2, -0.15) is 0 Å². The molecule has 1 amide bonds. The molecule has 1 N–H and O–H groups in total. The van der Waals surface area contributed by atoms with E-state index < -0.39 is 0 Å². The molecule has 1 aromatic rings. The number of rotatable bonds is 3. The third-order valence-corrected chi connectivity index (χ3v) is 3.21. The first-order valence-corrected chi connectivity index (χ1v) is 6.33. The Morgan fingerprint density at radius 2 is 1.82 bits per heavy atom. The summed E-state index contributed by atoms with van der Waals surface area (Å²) in [4.78, 5) is 13.7. The van der Waals surface area contributed by atoms with E-state index in [2.05, 4.69) is 22.3 Å². The second-order valence-corrected chi connectivity index (χ2v) is 4.61. The van der Waals surface area contributed by atoms with Gasteiger partial charge in [0.2, 0.25) is 5.91 Å². The second-order valence-electron chi connectivity index (χ2n) is 4.61. The van der Waals surface area contributed by atoms with Crippen LogP contribution in [0.4, 0.5) is 0 Å². The van der Waals surface area contributed by atoms with Crippen molar-refractivity contribution >= 4 is 5.91 Å². The van der Waals surface area contributed by atoms with Crippen molar-refractivity contribution in [1.82, 2.24) is 10.2 Å². The fourth-order valence-corrected chi connectivity index (χ4v) is 2.39. The molecule has 17 heavy (non-hydrogen) atoms. The maximum absolute atomic E-state index is 11.3. The van der Waals surface area contributed by atoms with E-state index >= 15 is 0 Å². The number of nitrogens with one attached hydrogen (secondary N) is 1. The molecular weight excluding hydrogens is 212 g/mol. The van der Waals surface area contributed by atoms with Gasteiger partial charge in [0.25, 0.3) is 0 Å². The number of benzene rings is 1. The van der Waals surface area contributed by atoms with Crippen LogP contribution in [0.5, 0.6) is 0 Å². The quantitative estimate of drug-likeness (QED) is 0.867. The SMILES string of the molecule is CC(=O)NC(c1ccccc1)N1CCCCC1. The molecule has 0 saturated carbocycles. The van der Waals surface area contributed by atoms with E-state index in [1.54, 1.807) is 6.92 Å². The number of carbonyl (C=O) groups excluding carboxylic acids is 1. The van der Waals surface area contributed by atoms with Gasteiger partial charge in [-0.05, 0) is 18.4 Å². The maximum Gasteiger partial charge on any atom is 0.218 e. The summed E-state index contributed by atoms with van der Waals surface area (Å²) in [6.45, 7) is 3.72. The van der Waals surface area contributed by atoms with Gasteiger partial charge >= 0.3 is 0 Å². The van der Waals surface area contributed by atoms with Crippen LogP contribution < -0.4 is 5.32 Å². The predicted octanol–water partition coefficient (Wildman–Crippen LogP) is 2.31. The number of piperidine rings is 1. The molecule has 1 aliphatic heterocycles. The van der Waals surface area contributed by atoms with Gasteiger partial charge in [-0.1, -0.05) is 36.8 Å². The van der Waals surface area contributed by atoms with Crippen molar-refractivity contribution in [2.45, 2.75) is 32.4 Å². The Bertz CT molecular complexity index is 358. The third-order valence-electron chi connectivity index (χ3n) is 3.21. The van der Waals surface area contributed by atoms with Crippen LogP contribution in [0.1, 0.15) is 37.9 Å². The summed E-state index contributed by atoms with van der Waals surface area (Å²) in [5.74, 6) is 0.0319. The van der Waals surface area contributed by atoms with Gasteiger partial charge in [-0.15, -0.1) is 0 Å². The number of amides is 1. The Morgan fingerprint density at radius 1 is 1.18 bits per heavy atom. The number of likely N-dealkylation sites (tertiary alicyclic amines) is 1. The molecule has 0 bridgehead atoms. The van der Waals surface area contributed by atoms with Crippen molar-refractivity contribution in [2.75, 3.05) is 13.1 Å². The summed E-state index contributed by atoms with van der Waals surface area (Å²) in [7, 11) is 0. The van der Waals surface area contributed by atoms with E-state index in [-0.39, 0.29) is 12.1 Å². The van der Waals surface area contributed by atoms with Gasteiger partial charge in [0.1, 0.15) is 6.17 Å². The van der Waals surface area contributed by atoms with Crippen molar-refractivity contribution < 1.29 is 4.79 Å². The molecule has 3 nitrogen and oxygen atoms in total. The molecule has 1 saturated heterocycles. The molecule has 1 aromatic carbocycles. The minimum Gasteiger partial charge on any atom is -0.337 e. The number of hydrogen-bond donors (Lipinski definition) is 1. The fourth-order valence-electron chi connectivity index (χ4n) is 2.39. The summed E-state index contributed by atoms with van der Waals surface area (Å²) >= 11 is 0. The Hall–Kier alpha value is -1.35. The molecular formula is C14H20N2O. The van der Waals surface area contributed by atoms with Crippen molar-refractivity contribution in [3.8, 4) is 0 Å². The van der Waals surface area contributed by atoms with Crippen LogP contribution in [-0.4, -0.2) is 23.9 Å². The topological polar surface area (TPSA) is 32.3 Å². The summed E-state index contributed by atoms with van der Waals surface area (Å²) < 4.78 is 0. The van der Waals surface area contributed by atoms with Crippen LogP contribution in [0.25, 0.3) is 0 Å². The van der Waals surface area contributed by atoms with Crippen molar-refractivity contribution in [1.29, 1.82) is 0 Å². The normalized spacial score (nSPS) is 18.6. The number of carbonyl (C=O) groups is 1. The number of nitrogens with zero attached hydrogens (tertiary/aromatic N) is 1. The average Bonchev–Trinajstić information content (AvgIpc) is 2.38. The fraction of sp³-hybridized carbons (Fsp3) is 0.500. The highest BCUT2D eigenvalue weighted by molar-refractivity contribution is 5.73. The molecule has 0 radical (unpaired) electrons. The molecule has 3 heteroatoms. The third kappa shape index (κ3) is 3.30. The van der Waals surface area contributed by atoms with Crippen molar-refractivity contribution in [2.24, 2.45) is 0 Å². The summed E-state index contributed by atoms with van der Waals surface area (Å²) in [5.41, 5.74) is 1.17. The summed E-state index contributed by atoms with van der Waals surface area (Å²) in [6.07, 6.45) is 3.79. The van der Waals surface area contributed by atoms with Crippen LogP contribution >= 0.6 is 0 Å². The van der Waals surface area contributed by atoms with E-state index in [9.17, 15) is 4.79 Å². The largest absolute Gasteiger partial charge is 0.337 e. The zero-order valence-electron chi connectivity index (χ0n) is 10.4. The Labute approximate surface area is 103 Å². The Morgan fingerprint density at radius 3 is 2.41 bits per heavy atom. The molecule has 2 rings (SSSR count). The van der Waals surface area contributed by atoms with Gasteiger partial charge < -0.3 is 5.32 Å². The molecule has 0 spiro atoms. The van der Waals surface area contributed by atoms with Crippen LogP contribution in [0.2, 0.25) is 0 Å². The maximum atomic E-state index is 11.3. The molecule has 1 atom stereocenters. The van der Waals surface area contributed by atoms with Gasteiger partial charge in [-0.3, -0.25) is 9.69 Å². The number of hydrogen-bond acceptors (Lipinski definition) is 2. The van der Waals surface area contributed by atoms with Crippen LogP contribution in [-0.2, 0) is 4.79 Å². The summed E-state index contributed by atoms with van der Waals surface area (Å²) in [6, 6.07) is 10.2. The second kappa shape index (κ2) is 5.82. The van der Waals surface area contributed by atoms with Gasteiger partial charge in [0.05, 0.1) is 0 Å². The zero-order valence-corrected chi connectivity index (χ0v) is 10.4. The molecule has 92 valence electrons. The van der Waals surface area contributed by atoms with E-state index in [0.717, 1.165) is 13.1 Å². The van der Waals surface area contributed by atoms with E-state index in [0.29, 0.717) is 0 Å². The first kappa shape index (κ1) is 12.1. The van der Waals surface area contributed by atoms with E-state index in [4.69, 9.17) is 0 Å². The van der Waals surface area contributed by atoms with Crippen molar-refractivity contribution in [3.63, 3.8) is 0 Å². The molecule has 0 aromatic heterocycles. The average molecular weight is 232 g/mol. The smallest absolute Gasteiger partial charge is 0.218 e. The van der Waals surface area contributed by atoms with Gasteiger partial charge in [-0.25, -0.2) is 0 Å².